The van der Waals surface area contributed by atoms with E-state index in [1.165, 1.54) is 5.56 Å². The molecule has 0 bridgehead atoms. The minimum absolute atomic E-state index is 0.0182. The third-order valence-electron chi connectivity index (χ3n) is 5.75. The number of hydrogen-bond acceptors (Lipinski definition) is 2. The molecule has 0 N–H and O–H groups in total. The summed E-state index contributed by atoms with van der Waals surface area (Å²) in [6.45, 7) is 2.01. The van der Waals surface area contributed by atoms with E-state index in [9.17, 15) is 4.79 Å². The van der Waals surface area contributed by atoms with Crippen molar-refractivity contribution in [3.05, 3.63) is 70.8 Å². The summed E-state index contributed by atoms with van der Waals surface area (Å²) < 4.78 is 1.94. The average Bonchev–Trinajstić information content (AvgIpc) is 3.36. The lowest BCUT2D eigenvalue weighted by molar-refractivity contribution is 0.0705. The van der Waals surface area contributed by atoms with Gasteiger partial charge < -0.3 is 9.47 Å². The van der Waals surface area contributed by atoms with Crippen LogP contribution < -0.4 is 0 Å². The first-order valence-electron chi connectivity index (χ1n) is 8.74. The number of aryl methyl sites for hydroxylation is 1. The van der Waals surface area contributed by atoms with Crippen molar-refractivity contribution in [3.8, 4) is 16.8 Å². The monoisotopic (exact) mass is 363 g/mol. The molecule has 1 aliphatic carbocycles. The standard InChI is InChI=1S/C21H18ClN3O/c1-13-16(4-3-9-23-13)14-5-6-17-18(10-14)25-12-15(22)11-19(25)20(26)24(2)21(17)7-8-21/h3-6,9-12H,7-8H2,1-2H3. The lowest BCUT2D eigenvalue weighted by Gasteiger charge is -2.27. The number of carbonyl (C=O) groups excluding carboxylic acids is 1. The molecule has 1 fully saturated rings. The number of fused-ring (bicyclic) bond motifs is 4. The van der Waals surface area contributed by atoms with Crippen LogP contribution in [0.2, 0.25) is 5.02 Å². The highest BCUT2D eigenvalue weighted by Crippen LogP contribution is 2.54. The fourth-order valence-corrected chi connectivity index (χ4v) is 4.35. The van der Waals surface area contributed by atoms with Crippen molar-refractivity contribution in [2.45, 2.75) is 25.3 Å². The van der Waals surface area contributed by atoms with Gasteiger partial charge in [0.05, 0.1) is 16.2 Å². The lowest BCUT2D eigenvalue weighted by Crippen LogP contribution is -2.36. The van der Waals surface area contributed by atoms with Crippen molar-refractivity contribution in [2.75, 3.05) is 7.05 Å². The van der Waals surface area contributed by atoms with Crippen LogP contribution in [0.25, 0.3) is 16.8 Å². The maximum Gasteiger partial charge on any atom is 0.271 e. The number of hydrogen-bond donors (Lipinski definition) is 0. The van der Waals surface area contributed by atoms with Crippen LogP contribution in [0.1, 0.15) is 34.6 Å². The highest BCUT2D eigenvalue weighted by molar-refractivity contribution is 6.31. The van der Waals surface area contributed by atoms with Gasteiger partial charge in [-0.25, -0.2) is 0 Å². The molecule has 1 amide bonds. The molecule has 2 aliphatic rings. The van der Waals surface area contributed by atoms with Gasteiger partial charge in [0.2, 0.25) is 0 Å². The van der Waals surface area contributed by atoms with Gasteiger partial charge in [-0.05, 0) is 43.5 Å². The van der Waals surface area contributed by atoms with Crippen LogP contribution in [0.3, 0.4) is 0 Å². The first kappa shape index (κ1) is 15.6. The summed E-state index contributed by atoms with van der Waals surface area (Å²) in [7, 11) is 1.90. The number of carbonyl (C=O) groups is 1. The summed E-state index contributed by atoms with van der Waals surface area (Å²) in [6.07, 6.45) is 5.62. The summed E-state index contributed by atoms with van der Waals surface area (Å²) >= 11 is 6.25. The van der Waals surface area contributed by atoms with Gasteiger partial charge in [0.1, 0.15) is 5.69 Å². The molecule has 3 aromatic rings. The Hall–Kier alpha value is -2.59. The molecule has 1 aliphatic heterocycles. The third kappa shape index (κ3) is 2.02. The zero-order valence-electron chi connectivity index (χ0n) is 14.7. The van der Waals surface area contributed by atoms with Crippen LogP contribution in [0.5, 0.6) is 0 Å². The molecule has 3 heterocycles. The lowest BCUT2D eigenvalue weighted by atomic mass is 9.96. The Morgan fingerprint density at radius 3 is 2.73 bits per heavy atom. The number of rotatable bonds is 1. The van der Waals surface area contributed by atoms with Gasteiger partial charge in [0.25, 0.3) is 5.91 Å². The van der Waals surface area contributed by atoms with E-state index in [1.807, 2.05) is 35.7 Å². The van der Waals surface area contributed by atoms with Crippen molar-refractivity contribution in [3.63, 3.8) is 0 Å². The van der Waals surface area contributed by atoms with Gasteiger partial charge in [-0.15, -0.1) is 0 Å². The molecule has 0 unspecified atom stereocenters. The van der Waals surface area contributed by atoms with Crippen LogP contribution in [0.15, 0.2) is 48.8 Å². The van der Waals surface area contributed by atoms with Gasteiger partial charge in [-0.3, -0.25) is 9.78 Å². The number of benzene rings is 1. The topological polar surface area (TPSA) is 38.1 Å². The SMILES string of the molecule is Cc1ncccc1-c1ccc2c(c1)-n1cc(Cl)cc1C(=O)N(C)C21CC1. The molecule has 5 rings (SSSR count). The predicted molar refractivity (Wildman–Crippen MR) is 102 cm³/mol. The Kier molecular flexibility index (Phi) is 3.13. The van der Waals surface area contributed by atoms with Gasteiger partial charge >= 0.3 is 0 Å². The molecule has 130 valence electrons. The molecule has 0 saturated heterocycles. The Labute approximate surface area is 157 Å². The largest absolute Gasteiger partial charge is 0.331 e. The number of amides is 1. The molecule has 1 spiro atoms. The highest BCUT2D eigenvalue weighted by Gasteiger charge is 2.53. The summed E-state index contributed by atoms with van der Waals surface area (Å²) in [5.41, 5.74) is 5.82. The molecule has 26 heavy (non-hydrogen) atoms. The van der Waals surface area contributed by atoms with Gasteiger partial charge in [0, 0.05) is 36.3 Å². The number of pyridine rings is 1. The summed E-state index contributed by atoms with van der Waals surface area (Å²) in [4.78, 5) is 19.3. The molecular weight excluding hydrogens is 346 g/mol. The third-order valence-corrected chi connectivity index (χ3v) is 5.96. The first-order chi connectivity index (χ1) is 12.5. The second-order valence-electron chi connectivity index (χ2n) is 7.18. The van der Waals surface area contributed by atoms with Crippen molar-refractivity contribution in [1.82, 2.24) is 14.5 Å². The Morgan fingerprint density at radius 2 is 2.00 bits per heavy atom. The van der Waals surface area contributed by atoms with E-state index in [-0.39, 0.29) is 11.4 Å². The minimum Gasteiger partial charge on any atom is -0.331 e. The van der Waals surface area contributed by atoms with Gasteiger partial charge in [0.15, 0.2) is 0 Å². The smallest absolute Gasteiger partial charge is 0.271 e. The number of aromatic nitrogens is 2. The van der Waals surface area contributed by atoms with Crippen molar-refractivity contribution < 1.29 is 4.79 Å². The van der Waals surface area contributed by atoms with E-state index >= 15 is 0 Å². The quantitative estimate of drug-likeness (QED) is 0.635. The first-order valence-corrected chi connectivity index (χ1v) is 9.12. The second-order valence-corrected chi connectivity index (χ2v) is 7.61. The maximum absolute atomic E-state index is 13.0. The van der Waals surface area contributed by atoms with Crippen LogP contribution >= 0.6 is 11.6 Å². The van der Waals surface area contributed by atoms with E-state index < -0.39 is 0 Å². The van der Waals surface area contributed by atoms with Crippen LogP contribution in [-0.2, 0) is 5.54 Å². The molecule has 2 aromatic heterocycles. The Morgan fingerprint density at radius 1 is 1.19 bits per heavy atom. The zero-order chi connectivity index (χ0) is 18.1. The molecule has 0 atom stereocenters. The molecule has 4 nitrogen and oxygen atoms in total. The van der Waals surface area contributed by atoms with Crippen LogP contribution in [0.4, 0.5) is 0 Å². The van der Waals surface area contributed by atoms with Gasteiger partial charge in [-0.2, -0.15) is 0 Å². The fraction of sp³-hybridized carbons (Fsp3) is 0.238. The van der Waals surface area contributed by atoms with Crippen molar-refractivity contribution in [2.24, 2.45) is 0 Å². The van der Waals surface area contributed by atoms with Crippen molar-refractivity contribution >= 4 is 17.5 Å². The van der Waals surface area contributed by atoms with E-state index in [4.69, 9.17) is 11.6 Å². The van der Waals surface area contributed by atoms with Gasteiger partial charge in [-0.1, -0.05) is 29.8 Å². The molecule has 5 heteroatoms. The van der Waals surface area contributed by atoms with Crippen LogP contribution in [-0.4, -0.2) is 27.4 Å². The molecule has 0 radical (unpaired) electrons. The average molecular weight is 364 g/mol. The van der Waals surface area contributed by atoms with E-state index in [0.29, 0.717) is 10.7 Å². The van der Waals surface area contributed by atoms with E-state index in [1.54, 1.807) is 12.3 Å². The summed E-state index contributed by atoms with van der Waals surface area (Å²) in [5, 5.41) is 0.572. The maximum atomic E-state index is 13.0. The zero-order valence-corrected chi connectivity index (χ0v) is 15.4. The number of halogens is 1. The normalized spacial score (nSPS) is 17.0. The Balaban J connectivity index is 1.80. The molecule has 1 aromatic carbocycles. The minimum atomic E-state index is -0.194. The van der Waals surface area contributed by atoms with E-state index in [0.717, 1.165) is 35.3 Å². The molecule has 1 saturated carbocycles. The van der Waals surface area contributed by atoms with E-state index in [2.05, 4.69) is 29.2 Å². The predicted octanol–water partition coefficient (Wildman–Crippen LogP) is 4.58. The fourth-order valence-electron chi connectivity index (χ4n) is 4.15. The molecular formula is C21H18ClN3O. The summed E-state index contributed by atoms with van der Waals surface area (Å²) in [5.74, 6) is 0.0182. The van der Waals surface area contributed by atoms with Crippen LogP contribution in [0, 0.1) is 6.92 Å². The summed E-state index contributed by atoms with van der Waals surface area (Å²) in [6, 6.07) is 12.2. The van der Waals surface area contributed by atoms with Crippen molar-refractivity contribution in [1.29, 1.82) is 0 Å². The Bertz CT molecular complexity index is 1060. The highest BCUT2D eigenvalue weighted by atomic mass is 35.5. The second kappa shape index (κ2) is 5.21. The number of nitrogens with zero attached hydrogens (tertiary/aromatic N) is 3.